The summed E-state index contributed by atoms with van der Waals surface area (Å²) in [5.74, 6) is 0. The first-order valence-corrected chi connectivity index (χ1v) is 26.1. The van der Waals surface area contributed by atoms with Gasteiger partial charge in [-0.3, -0.25) is 0 Å². The van der Waals surface area contributed by atoms with Crippen LogP contribution < -0.4 is 0 Å². The van der Waals surface area contributed by atoms with Crippen molar-refractivity contribution in [2.75, 3.05) is 0 Å². The van der Waals surface area contributed by atoms with Gasteiger partial charge >= 0.3 is 0 Å². The average Bonchev–Trinajstić information content (AvgIpc) is 4.33. The zero-order chi connectivity index (χ0) is 49.2. The van der Waals surface area contributed by atoms with Crippen LogP contribution in [0.3, 0.4) is 0 Å². The van der Waals surface area contributed by atoms with Gasteiger partial charge < -0.3 is 22.2 Å². The van der Waals surface area contributed by atoms with Crippen LogP contribution in [-0.4, -0.2) is 13.4 Å². The number of benzene rings is 11. The molecular formula is C70H43N3O2. The van der Waals surface area contributed by atoms with Crippen LogP contribution in [0.5, 0.6) is 0 Å². The van der Waals surface area contributed by atoms with E-state index in [4.69, 9.17) is 8.83 Å². The van der Waals surface area contributed by atoms with Gasteiger partial charge in [-0.25, -0.2) is 0 Å². The number of hydrogen-bond acceptors (Lipinski definition) is 2. The largest absolute Gasteiger partial charge is 0.455 e. The minimum Gasteiger partial charge on any atom is -0.455 e. The van der Waals surface area contributed by atoms with Crippen LogP contribution >= 0.6 is 0 Å². The van der Waals surface area contributed by atoms with E-state index in [2.05, 4.69) is 240 Å². The smallest absolute Gasteiger partial charge is 0.146 e. The van der Waals surface area contributed by atoms with Gasteiger partial charge in [0.25, 0.3) is 0 Å². The summed E-state index contributed by atoms with van der Waals surface area (Å²) in [7, 11) is 0. The number of hydrogen-bond donors (Lipinski definition) is 0. The Kier molecular flexibility index (Phi) is 7.31. The Morgan fingerprint density at radius 3 is 1.21 bits per heavy atom. The Balaban J connectivity index is 1.04. The molecule has 0 unspecified atom stereocenters. The lowest BCUT2D eigenvalue weighted by molar-refractivity contribution is 0.590. The topological polar surface area (TPSA) is 40.0 Å². The van der Waals surface area contributed by atoms with Gasteiger partial charge in [-0.15, -0.1) is 0 Å². The van der Waals surface area contributed by atoms with Gasteiger partial charge in [0.2, 0.25) is 0 Å². The number of rotatable bonds is 3. The Morgan fingerprint density at radius 1 is 0.320 bits per heavy atom. The molecule has 0 fully saturated rings. The maximum atomic E-state index is 7.37. The molecule has 11 aromatic carbocycles. The van der Waals surface area contributed by atoms with E-state index in [0.717, 1.165) is 93.6 Å². The normalized spacial score (nSPS) is 13.0. The van der Waals surface area contributed by atoms with Crippen molar-refractivity contribution in [2.45, 2.75) is 26.2 Å². The molecule has 0 aliphatic heterocycles. The van der Waals surface area contributed by atoms with Gasteiger partial charge in [-0.2, -0.15) is 0 Å². The van der Waals surface area contributed by atoms with Crippen molar-refractivity contribution in [3.05, 3.63) is 212 Å². The molecular weight excluding hydrogens is 915 g/mol. The first-order chi connectivity index (χ1) is 36.9. The SMILES string of the molecule is CC(C)(C)c1ccc(-n2c3cc(-c4cc5c6ccccc6n6c7ccccc7c(c4)c56)c4c5ccccc5oc4c3c3c4c(oc5ccccc54)c(-c4cc5c6ccccc6n6c7ccccc7c(c4)c56)cc32)cc1. The quantitative estimate of drug-likeness (QED) is 0.177. The van der Waals surface area contributed by atoms with Crippen LogP contribution in [0.15, 0.2) is 215 Å². The van der Waals surface area contributed by atoms with E-state index in [1.165, 1.54) is 81.8 Å². The average molecular weight is 958 g/mol. The van der Waals surface area contributed by atoms with Crippen LogP contribution in [-0.2, 0) is 5.41 Å². The van der Waals surface area contributed by atoms with E-state index in [-0.39, 0.29) is 5.41 Å². The highest BCUT2D eigenvalue weighted by atomic mass is 16.3. The van der Waals surface area contributed by atoms with Crippen LogP contribution in [0, 0.1) is 0 Å². The third kappa shape index (κ3) is 4.98. The van der Waals surface area contributed by atoms with Gasteiger partial charge in [0.15, 0.2) is 0 Å². The standard InChI is InChI=1S/C70H43N3O2/c1-70(2,3)40-28-30-41(31-29-40)71-58-37-49(39-34-52-44-18-6-12-24-56(44)73-57-25-13-7-19-45(57)53(35-39)67(52)73)68-63(47-21-9-15-27-61(47)74-68)64(58)65-59(71)36-48(62-46-20-8-14-26-60(46)75-69(62)65)38-32-50-42-16-4-10-22-54(42)72-55-23-11-5-17-43(55)51(33-38)66(50)72/h4-37H,1-3H3. The van der Waals surface area contributed by atoms with Crippen molar-refractivity contribution < 1.29 is 8.83 Å². The predicted molar refractivity (Wildman–Crippen MR) is 314 cm³/mol. The fraction of sp³-hybridized carbons (Fsp3) is 0.0571. The third-order valence-electron chi connectivity index (χ3n) is 17.0. The molecule has 0 aliphatic rings. The third-order valence-corrected chi connectivity index (χ3v) is 17.0. The van der Waals surface area contributed by atoms with Crippen LogP contribution in [0.2, 0.25) is 0 Å². The molecule has 0 amide bonds. The molecule has 0 spiro atoms. The first-order valence-electron chi connectivity index (χ1n) is 26.1. The number of para-hydroxylation sites is 6. The van der Waals surface area contributed by atoms with E-state index in [1.807, 2.05) is 0 Å². The van der Waals surface area contributed by atoms with Crippen LogP contribution in [0.4, 0.5) is 0 Å². The predicted octanol–water partition coefficient (Wildman–Crippen LogP) is 19.5. The summed E-state index contributed by atoms with van der Waals surface area (Å²) in [6.45, 7) is 6.86. The lowest BCUT2D eigenvalue weighted by atomic mass is 9.87. The molecule has 7 aromatic heterocycles. The Morgan fingerprint density at radius 2 is 0.720 bits per heavy atom. The summed E-state index contributed by atoms with van der Waals surface area (Å²) >= 11 is 0. The maximum Gasteiger partial charge on any atom is 0.146 e. The monoisotopic (exact) mass is 957 g/mol. The van der Waals surface area contributed by atoms with Crippen molar-refractivity contribution in [1.29, 1.82) is 0 Å². The van der Waals surface area contributed by atoms with Gasteiger partial charge in [0, 0.05) is 81.3 Å². The molecule has 5 heteroatoms. The van der Waals surface area contributed by atoms with Crippen molar-refractivity contribution in [1.82, 2.24) is 13.4 Å². The summed E-state index contributed by atoms with van der Waals surface area (Å²) in [5.41, 5.74) is 19.8. The zero-order valence-corrected chi connectivity index (χ0v) is 41.3. The Labute approximate surface area is 427 Å². The highest BCUT2D eigenvalue weighted by Crippen LogP contribution is 2.53. The summed E-state index contributed by atoms with van der Waals surface area (Å²) in [5, 5.41) is 16.5. The summed E-state index contributed by atoms with van der Waals surface area (Å²) in [4.78, 5) is 0. The molecule has 350 valence electrons. The number of aromatic nitrogens is 3. The van der Waals surface area contributed by atoms with E-state index >= 15 is 0 Å². The lowest BCUT2D eigenvalue weighted by Gasteiger charge is -2.19. The number of fused-ring (bicyclic) bond motifs is 23. The fourth-order valence-corrected chi connectivity index (χ4v) is 13.8. The number of furan rings is 2. The summed E-state index contributed by atoms with van der Waals surface area (Å²) in [6.07, 6.45) is 0. The minimum absolute atomic E-state index is 0.0222. The van der Waals surface area contributed by atoms with Crippen molar-refractivity contribution in [3.8, 4) is 27.9 Å². The van der Waals surface area contributed by atoms with E-state index in [1.54, 1.807) is 0 Å². The van der Waals surface area contributed by atoms with Gasteiger partial charge in [-0.05, 0) is 113 Å². The second-order valence-electron chi connectivity index (χ2n) is 22.0. The molecule has 0 bridgehead atoms. The minimum atomic E-state index is -0.0222. The van der Waals surface area contributed by atoms with E-state index in [9.17, 15) is 0 Å². The van der Waals surface area contributed by atoms with Crippen LogP contribution in [0.1, 0.15) is 26.3 Å². The molecule has 0 saturated carbocycles. The van der Waals surface area contributed by atoms with Crippen LogP contribution in [0.25, 0.3) is 170 Å². The van der Waals surface area contributed by atoms with Gasteiger partial charge in [-0.1, -0.05) is 142 Å². The Hall–Kier alpha value is -9.58. The highest BCUT2D eigenvalue weighted by molar-refractivity contribution is 6.37. The molecule has 18 rings (SSSR count). The molecule has 0 saturated heterocycles. The number of nitrogens with zero attached hydrogens (tertiary/aromatic N) is 3. The maximum absolute atomic E-state index is 7.37. The second kappa shape index (κ2) is 13.7. The van der Waals surface area contributed by atoms with Crippen molar-refractivity contribution in [2.24, 2.45) is 0 Å². The molecule has 75 heavy (non-hydrogen) atoms. The molecule has 0 N–H and O–H groups in total. The van der Waals surface area contributed by atoms with Crippen molar-refractivity contribution in [3.63, 3.8) is 0 Å². The first kappa shape index (κ1) is 40.0. The fourth-order valence-electron chi connectivity index (χ4n) is 13.8. The Bertz CT molecular complexity index is 5350. The summed E-state index contributed by atoms with van der Waals surface area (Å²) < 4.78 is 22.0. The zero-order valence-electron chi connectivity index (χ0n) is 41.3. The van der Waals surface area contributed by atoms with Gasteiger partial charge in [0.1, 0.15) is 22.3 Å². The molecule has 7 heterocycles. The molecule has 5 nitrogen and oxygen atoms in total. The molecule has 0 aliphatic carbocycles. The molecule has 0 radical (unpaired) electrons. The van der Waals surface area contributed by atoms with Gasteiger partial charge in [0.05, 0.1) is 49.5 Å². The molecule has 18 aromatic rings. The highest BCUT2D eigenvalue weighted by Gasteiger charge is 2.30. The van der Waals surface area contributed by atoms with E-state index < -0.39 is 0 Å². The summed E-state index contributed by atoms with van der Waals surface area (Å²) in [6, 6.07) is 76.4. The second-order valence-corrected chi connectivity index (χ2v) is 22.0. The molecule has 0 atom stereocenters. The van der Waals surface area contributed by atoms with E-state index in [0.29, 0.717) is 0 Å². The lowest BCUT2D eigenvalue weighted by Crippen LogP contribution is -2.10. The van der Waals surface area contributed by atoms with Crippen molar-refractivity contribution >= 4 is 142 Å².